The lowest BCUT2D eigenvalue weighted by Gasteiger charge is -2.17. The second-order valence-corrected chi connectivity index (χ2v) is 4.90. The summed E-state index contributed by atoms with van der Waals surface area (Å²) in [6.45, 7) is 2.42. The summed E-state index contributed by atoms with van der Waals surface area (Å²) < 4.78 is 10.9. The summed E-state index contributed by atoms with van der Waals surface area (Å²) in [6.07, 6.45) is 0.0773. The summed E-state index contributed by atoms with van der Waals surface area (Å²) in [4.78, 5) is 12.2. The smallest absolute Gasteiger partial charge is 0.261 e. The van der Waals surface area contributed by atoms with Gasteiger partial charge < -0.3 is 14.8 Å². The van der Waals surface area contributed by atoms with E-state index < -0.39 is 6.10 Å². The van der Waals surface area contributed by atoms with Crippen LogP contribution in [0.2, 0.25) is 0 Å². The molecule has 1 amide bonds. The summed E-state index contributed by atoms with van der Waals surface area (Å²) in [5.41, 5.74) is 1.06. The zero-order valence-corrected chi connectivity index (χ0v) is 12.9. The molecule has 0 aromatic heterocycles. The average molecular weight is 299 g/mol. The standard InChI is InChI=1S/C18H21NO3/c1-3-17(22-16-11-7-10-15(12-16)21-2)18(20)19-13-14-8-5-4-6-9-14/h4-12,17H,3,13H2,1-2H3,(H,19,20)/t17-/m0/s1. The number of hydrogen-bond acceptors (Lipinski definition) is 3. The number of rotatable bonds is 7. The predicted molar refractivity (Wildman–Crippen MR) is 86.0 cm³/mol. The molecule has 0 aliphatic heterocycles. The highest BCUT2D eigenvalue weighted by Gasteiger charge is 2.18. The van der Waals surface area contributed by atoms with Gasteiger partial charge in [0, 0.05) is 12.6 Å². The van der Waals surface area contributed by atoms with Crippen LogP contribution in [0, 0.1) is 0 Å². The zero-order valence-electron chi connectivity index (χ0n) is 12.9. The first-order chi connectivity index (χ1) is 10.7. The molecule has 0 radical (unpaired) electrons. The minimum Gasteiger partial charge on any atom is -0.497 e. The van der Waals surface area contributed by atoms with Gasteiger partial charge in [0.2, 0.25) is 0 Å². The van der Waals surface area contributed by atoms with Crippen LogP contribution in [0.1, 0.15) is 18.9 Å². The van der Waals surface area contributed by atoms with Crippen LogP contribution in [0.15, 0.2) is 54.6 Å². The van der Waals surface area contributed by atoms with Gasteiger partial charge in [0.15, 0.2) is 6.10 Å². The fourth-order valence-corrected chi connectivity index (χ4v) is 2.06. The van der Waals surface area contributed by atoms with E-state index in [9.17, 15) is 4.79 Å². The lowest BCUT2D eigenvalue weighted by atomic mass is 10.2. The normalized spacial score (nSPS) is 11.5. The van der Waals surface area contributed by atoms with Crippen molar-refractivity contribution in [2.24, 2.45) is 0 Å². The summed E-state index contributed by atoms with van der Waals surface area (Å²) in [6, 6.07) is 17.1. The molecule has 2 rings (SSSR count). The van der Waals surface area contributed by atoms with Crippen molar-refractivity contribution in [3.05, 3.63) is 60.2 Å². The molecule has 0 aliphatic carbocycles. The van der Waals surface area contributed by atoms with E-state index >= 15 is 0 Å². The van der Waals surface area contributed by atoms with Crippen LogP contribution >= 0.6 is 0 Å². The van der Waals surface area contributed by atoms with Crippen LogP contribution < -0.4 is 14.8 Å². The molecule has 1 N–H and O–H groups in total. The lowest BCUT2D eigenvalue weighted by Crippen LogP contribution is -2.37. The minimum absolute atomic E-state index is 0.117. The molecular formula is C18H21NO3. The maximum absolute atomic E-state index is 12.2. The Labute approximate surface area is 131 Å². The number of ether oxygens (including phenoxy) is 2. The molecule has 0 bridgehead atoms. The summed E-state index contributed by atoms with van der Waals surface area (Å²) in [5.74, 6) is 1.22. The molecule has 1 atom stereocenters. The van der Waals surface area contributed by atoms with Gasteiger partial charge in [-0.1, -0.05) is 43.3 Å². The van der Waals surface area contributed by atoms with Crippen molar-refractivity contribution in [1.82, 2.24) is 5.32 Å². The molecule has 2 aromatic carbocycles. The monoisotopic (exact) mass is 299 g/mol. The Balaban J connectivity index is 1.93. The molecule has 0 fully saturated rings. The molecule has 2 aromatic rings. The van der Waals surface area contributed by atoms with Gasteiger partial charge in [-0.3, -0.25) is 4.79 Å². The van der Waals surface area contributed by atoms with Gasteiger partial charge in [-0.05, 0) is 24.1 Å². The molecule has 4 heteroatoms. The van der Waals surface area contributed by atoms with Crippen molar-refractivity contribution in [1.29, 1.82) is 0 Å². The summed E-state index contributed by atoms with van der Waals surface area (Å²) in [7, 11) is 1.60. The third kappa shape index (κ3) is 4.52. The quantitative estimate of drug-likeness (QED) is 0.854. The molecule has 0 saturated carbocycles. The van der Waals surface area contributed by atoms with E-state index in [1.807, 2.05) is 55.5 Å². The Morgan fingerprint density at radius 2 is 1.82 bits per heavy atom. The molecular weight excluding hydrogens is 278 g/mol. The van der Waals surface area contributed by atoms with Gasteiger partial charge in [0.1, 0.15) is 11.5 Å². The van der Waals surface area contributed by atoms with E-state index in [-0.39, 0.29) is 5.91 Å². The van der Waals surface area contributed by atoms with E-state index in [4.69, 9.17) is 9.47 Å². The van der Waals surface area contributed by atoms with E-state index in [0.29, 0.717) is 24.5 Å². The van der Waals surface area contributed by atoms with Gasteiger partial charge >= 0.3 is 0 Å². The highest BCUT2D eigenvalue weighted by molar-refractivity contribution is 5.81. The Morgan fingerprint density at radius 3 is 2.50 bits per heavy atom. The van der Waals surface area contributed by atoms with Crippen molar-refractivity contribution < 1.29 is 14.3 Å². The molecule has 0 saturated heterocycles. The third-order valence-electron chi connectivity index (χ3n) is 3.29. The van der Waals surface area contributed by atoms with Crippen LogP contribution in [0.25, 0.3) is 0 Å². The topological polar surface area (TPSA) is 47.6 Å². The van der Waals surface area contributed by atoms with Gasteiger partial charge in [-0.15, -0.1) is 0 Å². The molecule has 116 valence electrons. The van der Waals surface area contributed by atoms with Crippen molar-refractivity contribution in [2.75, 3.05) is 7.11 Å². The molecule has 22 heavy (non-hydrogen) atoms. The van der Waals surface area contributed by atoms with E-state index in [2.05, 4.69) is 5.32 Å². The van der Waals surface area contributed by atoms with Gasteiger partial charge in [0.05, 0.1) is 7.11 Å². The van der Waals surface area contributed by atoms with Crippen LogP contribution in [-0.4, -0.2) is 19.1 Å². The van der Waals surface area contributed by atoms with E-state index in [1.54, 1.807) is 13.2 Å². The lowest BCUT2D eigenvalue weighted by molar-refractivity contribution is -0.128. The van der Waals surface area contributed by atoms with Crippen molar-refractivity contribution >= 4 is 5.91 Å². The highest BCUT2D eigenvalue weighted by atomic mass is 16.5. The number of hydrogen-bond donors (Lipinski definition) is 1. The SMILES string of the molecule is CC[C@H](Oc1cccc(OC)c1)C(=O)NCc1ccccc1. The maximum atomic E-state index is 12.2. The third-order valence-corrected chi connectivity index (χ3v) is 3.29. The van der Waals surface area contributed by atoms with Crippen molar-refractivity contribution in [3.63, 3.8) is 0 Å². The molecule has 4 nitrogen and oxygen atoms in total. The Morgan fingerprint density at radius 1 is 1.09 bits per heavy atom. The largest absolute Gasteiger partial charge is 0.497 e. The average Bonchev–Trinajstić information content (AvgIpc) is 2.58. The first-order valence-electron chi connectivity index (χ1n) is 7.35. The summed E-state index contributed by atoms with van der Waals surface area (Å²) >= 11 is 0. The molecule has 0 spiro atoms. The van der Waals surface area contributed by atoms with Crippen molar-refractivity contribution in [3.8, 4) is 11.5 Å². The number of methoxy groups -OCH3 is 1. The van der Waals surface area contributed by atoms with E-state index in [1.165, 1.54) is 0 Å². The number of benzene rings is 2. The second-order valence-electron chi connectivity index (χ2n) is 4.90. The second kappa shape index (κ2) is 8.08. The van der Waals surface area contributed by atoms with Gasteiger partial charge in [0.25, 0.3) is 5.91 Å². The van der Waals surface area contributed by atoms with Crippen molar-refractivity contribution in [2.45, 2.75) is 26.0 Å². The fraction of sp³-hybridized carbons (Fsp3) is 0.278. The number of carbonyl (C=O) groups is 1. The number of nitrogens with one attached hydrogen (secondary N) is 1. The minimum atomic E-state index is -0.518. The first kappa shape index (κ1) is 15.9. The Kier molecular flexibility index (Phi) is 5.83. The van der Waals surface area contributed by atoms with Crippen LogP contribution in [0.5, 0.6) is 11.5 Å². The van der Waals surface area contributed by atoms with Crippen LogP contribution in [-0.2, 0) is 11.3 Å². The zero-order chi connectivity index (χ0) is 15.8. The molecule has 0 unspecified atom stereocenters. The maximum Gasteiger partial charge on any atom is 0.261 e. The van der Waals surface area contributed by atoms with Crippen LogP contribution in [0.3, 0.4) is 0 Å². The number of carbonyl (C=O) groups excluding carboxylic acids is 1. The molecule has 0 heterocycles. The highest BCUT2D eigenvalue weighted by Crippen LogP contribution is 2.20. The Hall–Kier alpha value is -2.49. The van der Waals surface area contributed by atoms with Gasteiger partial charge in [-0.2, -0.15) is 0 Å². The van der Waals surface area contributed by atoms with Gasteiger partial charge in [-0.25, -0.2) is 0 Å². The first-order valence-corrected chi connectivity index (χ1v) is 7.35. The fourth-order valence-electron chi connectivity index (χ4n) is 2.06. The predicted octanol–water partition coefficient (Wildman–Crippen LogP) is 3.17. The molecule has 0 aliphatic rings. The van der Waals surface area contributed by atoms with E-state index in [0.717, 1.165) is 5.56 Å². The summed E-state index contributed by atoms with van der Waals surface area (Å²) in [5, 5.41) is 2.90. The number of amides is 1. The Bertz CT molecular complexity index is 598. The van der Waals surface area contributed by atoms with Crippen LogP contribution in [0.4, 0.5) is 0 Å².